The molecule has 0 fully saturated rings. The summed E-state index contributed by atoms with van der Waals surface area (Å²) < 4.78 is 26.2. The van der Waals surface area contributed by atoms with E-state index in [1.807, 2.05) is 13.8 Å². The lowest BCUT2D eigenvalue weighted by molar-refractivity contribution is -0.121. The molecule has 0 radical (unpaired) electrons. The van der Waals surface area contributed by atoms with Crippen LogP contribution in [-0.4, -0.2) is 27.4 Å². The van der Waals surface area contributed by atoms with Gasteiger partial charge in [0.2, 0.25) is 15.9 Å². The third kappa shape index (κ3) is 5.58. The van der Waals surface area contributed by atoms with Gasteiger partial charge in [-0.05, 0) is 24.1 Å². The summed E-state index contributed by atoms with van der Waals surface area (Å²) in [6, 6.07) is 6.01. The minimum atomic E-state index is -3.62. The van der Waals surface area contributed by atoms with Crippen molar-refractivity contribution in [2.24, 2.45) is 5.92 Å². The van der Waals surface area contributed by atoms with E-state index >= 15 is 0 Å². The summed E-state index contributed by atoms with van der Waals surface area (Å²) in [4.78, 5) is 11.6. The molecule has 4 N–H and O–H groups in total. The third-order valence-electron chi connectivity index (χ3n) is 2.52. The van der Waals surface area contributed by atoms with Gasteiger partial charge >= 0.3 is 0 Å². The molecule has 1 aromatic rings. The van der Waals surface area contributed by atoms with Gasteiger partial charge in [-0.25, -0.2) is 13.1 Å². The van der Waals surface area contributed by atoms with Crippen LogP contribution in [0.25, 0.3) is 0 Å². The first-order valence-electron chi connectivity index (χ1n) is 6.43. The highest BCUT2D eigenvalue weighted by Gasteiger charge is 2.14. The summed E-state index contributed by atoms with van der Waals surface area (Å²) in [5.41, 5.74) is 5.92. The van der Waals surface area contributed by atoms with Gasteiger partial charge in [-0.15, -0.1) is 0 Å². The van der Waals surface area contributed by atoms with Crippen molar-refractivity contribution >= 4 is 21.6 Å². The molecule has 0 heterocycles. The van der Waals surface area contributed by atoms with Crippen molar-refractivity contribution in [3.05, 3.63) is 24.3 Å². The summed E-state index contributed by atoms with van der Waals surface area (Å²) in [6.45, 7) is 4.62. The third-order valence-corrected chi connectivity index (χ3v) is 3.98. The fourth-order valence-electron chi connectivity index (χ4n) is 1.47. The zero-order valence-corrected chi connectivity index (χ0v) is 12.5. The van der Waals surface area contributed by atoms with Crippen LogP contribution < -0.4 is 15.8 Å². The Morgan fingerprint density at radius 2 is 2.05 bits per heavy atom. The summed E-state index contributed by atoms with van der Waals surface area (Å²) in [5.74, 6) is 0.192. The van der Waals surface area contributed by atoms with Gasteiger partial charge in [0.05, 0.1) is 4.90 Å². The number of benzene rings is 1. The second kappa shape index (κ2) is 7.25. The maximum Gasteiger partial charge on any atom is 0.240 e. The molecule has 0 aliphatic rings. The van der Waals surface area contributed by atoms with Crippen molar-refractivity contribution in [1.82, 2.24) is 10.0 Å². The minimum Gasteiger partial charge on any atom is -0.399 e. The highest BCUT2D eigenvalue weighted by Crippen LogP contribution is 2.12. The summed E-state index contributed by atoms with van der Waals surface area (Å²) >= 11 is 0. The molecule has 0 bridgehead atoms. The van der Waals surface area contributed by atoms with Crippen LogP contribution in [0.4, 0.5) is 5.69 Å². The van der Waals surface area contributed by atoms with E-state index in [1.54, 1.807) is 12.1 Å². The van der Waals surface area contributed by atoms with E-state index in [2.05, 4.69) is 10.0 Å². The first-order valence-corrected chi connectivity index (χ1v) is 7.91. The van der Waals surface area contributed by atoms with Crippen molar-refractivity contribution in [2.45, 2.75) is 25.2 Å². The number of nitrogens with two attached hydrogens (primary N) is 1. The number of nitrogens with one attached hydrogen (secondary N) is 2. The number of hydrogen-bond donors (Lipinski definition) is 3. The molecule has 6 nitrogen and oxygen atoms in total. The molecular formula is C13H21N3O3S. The molecule has 0 saturated heterocycles. The van der Waals surface area contributed by atoms with Gasteiger partial charge in [0.15, 0.2) is 0 Å². The molecular weight excluding hydrogens is 278 g/mol. The number of carbonyl (C=O) groups is 1. The minimum absolute atomic E-state index is 0.0566. The summed E-state index contributed by atoms with van der Waals surface area (Å²) in [7, 11) is -3.62. The van der Waals surface area contributed by atoms with Crippen molar-refractivity contribution in [2.75, 3.05) is 18.8 Å². The molecule has 1 aromatic carbocycles. The normalized spacial score (nSPS) is 11.6. The maximum atomic E-state index is 11.9. The van der Waals surface area contributed by atoms with Crippen LogP contribution in [0.15, 0.2) is 29.2 Å². The average molecular weight is 299 g/mol. The van der Waals surface area contributed by atoms with Crippen LogP contribution in [0, 0.1) is 5.92 Å². The maximum absolute atomic E-state index is 11.9. The van der Waals surface area contributed by atoms with Crippen LogP contribution in [0.3, 0.4) is 0 Å². The lowest BCUT2D eigenvalue weighted by Gasteiger charge is -2.09. The Hall–Kier alpha value is -1.60. The lowest BCUT2D eigenvalue weighted by atomic mass is 10.2. The number of hydrogen-bond acceptors (Lipinski definition) is 4. The topological polar surface area (TPSA) is 101 Å². The highest BCUT2D eigenvalue weighted by molar-refractivity contribution is 7.89. The second-order valence-corrected chi connectivity index (χ2v) is 6.69. The van der Waals surface area contributed by atoms with Gasteiger partial charge in [0.1, 0.15) is 0 Å². The van der Waals surface area contributed by atoms with Crippen molar-refractivity contribution < 1.29 is 13.2 Å². The number of carbonyl (C=O) groups excluding carboxylic acids is 1. The Morgan fingerprint density at radius 1 is 1.35 bits per heavy atom. The van der Waals surface area contributed by atoms with E-state index in [0.717, 1.165) is 0 Å². The van der Waals surface area contributed by atoms with Gasteiger partial charge in [-0.1, -0.05) is 19.9 Å². The van der Waals surface area contributed by atoms with E-state index in [4.69, 9.17) is 5.73 Å². The van der Waals surface area contributed by atoms with Gasteiger partial charge in [-0.3, -0.25) is 4.79 Å². The second-order valence-electron chi connectivity index (χ2n) is 4.92. The van der Waals surface area contributed by atoms with Crippen LogP contribution in [0.2, 0.25) is 0 Å². The molecule has 0 spiro atoms. The Labute approximate surface area is 119 Å². The van der Waals surface area contributed by atoms with E-state index in [-0.39, 0.29) is 23.8 Å². The molecule has 112 valence electrons. The van der Waals surface area contributed by atoms with Gasteiger partial charge in [0, 0.05) is 25.2 Å². The van der Waals surface area contributed by atoms with Gasteiger partial charge in [0.25, 0.3) is 0 Å². The monoisotopic (exact) mass is 299 g/mol. The number of anilines is 1. The molecule has 7 heteroatoms. The van der Waals surface area contributed by atoms with Gasteiger partial charge in [-0.2, -0.15) is 0 Å². The predicted octanol–water partition coefficient (Wildman–Crippen LogP) is 0.709. The molecule has 0 atom stereocenters. The van der Waals surface area contributed by atoms with Gasteiger partial charge < -0.3 is 11.1 Å². The SMILES string of the molecule is CC(C)CNC(=O)CCNS(=O)(=O)c1cccc(N)c1. The van der Waals surface area contributed by atoms with E-state index in [0.29, 0.717) is 18.2 Å². The number of rotatable bonds is 7. The molecule has 0 unspecified atom stereocenters. The van der Waals surface area contributed by atoms with Crippen molar-refractivity contribution in [3.63, 3.8) is 0 Å². The lowest BCUT2D eigenvalue weighted by Crippen LogP contribution is -2.32. The average Bonchev–Trinajstić information content (AvgIpc) is 2.36. The number of amides is 1. The molecule has 1 rings (SSSR count). The fourth-order valence-corrected chi connectivity index (χ4v) is 2.56. The smallest absolute Gasteiger partial charge is 0.240 e. The molecule has 0 saturated carbocycles. The van der Waals surface area contributed by atoms with E-state index in [1.165, 1.54) is 12.1 Å². The predicted molar refractivity (Wildman–Crippen MR) is 78.5 cm³/mol. The van der Waals surface area contributed by atoms with Crippen LogP contribution in [0.1, 0.15) is 20.3 Å². The Balaban J connectivity index is 2.47. The summed E-state index contributed by atoms with van der Waals surface area (Å²) in [6.07, 6.45) is 0.105. The highest BCUT2D eigenvalue weighted by atomic mass is 32.2. The first kappa shape index (κ1) is 16.5. The Bertz CT molecular complexity index is 556. The molecule has 0 aliphatic heterocycles. The zero-order valence-electron chi connectivity index (χ0n) is 11.7. The number of sulfonamides is 1. The largest absolute Gasteiger partial charge is 0.399 e. The van der Waals surface area contributed by atoms with Crippen molar-refractivity contribution in [3.8, 4) is 0 Å². The molecule has 1 amide bonds. The quantitative estimate of drug-likeness (QED) is 0.645. The van der Waals surface area contributed by atoms with Crippen LogP contribution in [0.5, 0.6) is 0 Å². The standard InChI is InChI=1S/C13H21N3O3S/c1-10(2)9-15-13(17)6-7-16-20(18,19)12-5-3-4-11(14)8-12/h3-5,8,10,16H,6-7,9,14H2,1-2H3,(H,15,17). The molecule has 0 aliphatic carbocycles. The Morgan fingerprint density at radius 3 is 2.65 bits per heavy atom. The molecule has 20 heavy (non-hydrogen) atoms. The van der Waals surface area contributed by atoms with Crippen molar-refractivity contribution in [1.29, 1.82) is 0 Å². The molecule has 0 aromatic heterocycles. The van der Waals surface area contributed by atoms with Crippen LogP contribution in [-0.2, 0) is 14.8 Å². The Kier molecular flexibility index (Phi) is 5.97. The fraction of sp³-hybridized carbons (Fsp3) is 0.462. The van der Waals surface area contributed by atoms with Crippen LogP contribution >= 0.6 is 0 Å². The number of nitrogen functional groups attached to an aromatic ring is 1. The zero-order chi connectivity index (χ0) is 15.2. The van der Waals surface area contributed by atoms with E-state index in [9.17, 15) is 13.2 Å². The first-order chi connectivity index (χ1) is 9.31. The van der Waals surface area contributed by atoms with E-state index < -0.39 is 10.0 Å². The summed E-state index contributed by atoms with van der Waals surface area (Å²) in [5, 5.41) is 2.72.